The highest BCUT2D eigenvalue weighted by Gasteiger charge is 2.31. The smallest absolute Gasteiger partial charge is 0.407 e. The number of hydrogen-bond donors (Lipinski definition) is 3. The van der Waals surface area contributed by atoms with Crippen LogP contribution < -0.4 is 10.6 Å². The number of carbonyl (C=O) groups excluding carboxylic acids is 2. The minimum atomic E-state index is -0.785. The van der Waals surface area contributed by atoms with E-state index in [1.165, 1.54) is 11.1 Å². The maximum Gasteiger partial charge on any atom is 0.407 e. The van der Waals surface area contributed by atoms with Crippen molar-refractivity contribution in [2.24, 2.45) is 11.8 Å². The Kier molecular flexibility index (Phi) is 8.06. The number of nitrogens with one attached hydrogen (secondary N) is 2. The van der Waals surface area contributed by atoms with E-state index in [0.717, 1.165) is 30.4 Å². The summed E-state index contributed by atoms with van der Waals surface area (Å²) in [5.74, 6) is -1.43. The molecule has 2 aromatic rings. The molecule has 0 radical (unpaired) electrons. The highest BCUT2D eigenvalue weighted by atomic mass is 16.5. The van der Waals surface area contributed by atoms with Crippen LogP contribution in [-0.2, 0) is 14.3 Å². The summed E-state index contributed by atoms with van der Waals surface area (Å²) in [6.45, 7) is 2.49. The number of carboxylic acid groups (broad SMARTS) is 1. The van der Waals surface area contributed by atoms with Gasteiger partial charge in [0, 0.05) is 24.9 Å². The maximum atomic E-state index is 12.6. The van der Waals surface area contributed by atoms with E-state index in [9.17, 15) is 19.5 Å². The fraction of sp³-hybridized carbons (Fsp3) is 0.464. The maximum absolute atomic E-state index is 12.6. The SMILES string of the molecule is CC[C@H](CC(=O)NCC1CCCCC1C(=O)O)NC(=O)OCC1c2ccccc2-c2ccccc21. The Morgan fingerprint density at radius 3 is 2.26 bits per heavy atom. The molecule has 7 heteroatoms. The van der Waals surface area contributed by atoms with Gasteiger partial charge in [-0.05, 0) is 47.4 Å². The first-order valence-corrected chi connectivity index (χ1v) is 12.6. The third-order valence-electron chi connectivity index (χ3n) is 7.38. The molecule has 0 aliphatic heterocycles. The number of benzene rings is 2. The van der Waals surface area contributed by atoms with Gasteiger partial charge < -0.3 is 20.5 Å². The number of alkyl carbamates (subject to hydrolysis) is 1. The number of hydrogen-bond acceptors (Lipinski definition) is 4. The van der Waals surface area contributed by atoms with Crippen molar-refractivity contribution in [1.29, 1.82) is 0 Å². The van der Waals surface area contributed by atoms with Crippen molar-refractivity contribution in [2.75, 3.05) is 13.2 Å². The first-order valence-electron chi connectivity index (χ1n) is 12.6. The van der Waals surface area contributed by atoms with E-state index in [-0.39, 0.29) is 36.8 Å². The Morgan fingerprint density at radius 2 is 1.63 bits per heavy atom. The molecule has 0 saturated heterocycles. The summed E-state index contributed by atoms with van der Waals surface area (Å²) >= 11 is 0. The summed E-state index contributed by atoms with van der Waals surface area (Å²) in [4.78, 5) is 36.5. The van der Waals surface area contributed by atoms with Crippen LogP contribution in [0.25, 0.3) is 11.1 Å². The lowest BCUT2D eigenvalue weighted by Gasteiger charge is -2.28. The minimum Gasteiger partial charge on any atom is -0.481 e. The number of amides is 2. The van der Waals surface area contributed by atoms with Crippen molar-refractivity contribution in [3.05, 3.63) is 59.7 Å². The number of rotatable bonds is 9. The summed E-state index contributed by atoms with van der Waals surface area (Å²) in [6.07, 6.45) is 3.56. The van der Waals surface area contributed by atoms with Crippen LogP contribution in [0.3, 0.4) is 0 Å². The van der Waals surface area contributed by atoms with Gasteiger partial charge in [-0.3, -0.25) is 9.59 Å². The zero-order valence-corrected chi connectivity index (χ0v) is 20.2. The molecule has 7 nitrogen and oxygen atoms in total. The second-order valence-corrected chi connectivity index (χ2v) is 9.57. The number of carboxylic acids is 1. The Balaban J connectivity index is 1.27. The molecule has 2 unspecified atom stereocenters. The van der Waals surface area contributed by atoms with Gasteiger partial charge in [0.15, 0.2) is 0 Å². The molecule has 1 fully saturated rings. The normalized spacial score (nSPS) is 19.8. The number of ether oxygens (including phenoxy) is 1. The fourth-order valence-electron chi connectivity index (χ4n) is 5.42. The second kappa shape index (κ2) is 11.4. The van der Waals surface area contributed by atoms with Crippen molar-refractivity contribution in [1.82, 2.24) is 10.6 Å². The topological polar surface area (TPSA) is 105 Å². The van der Waals surface area contributed by atoms with Gasteiger partial charge in [-0.25, -0.2) is 4.79 Å². The van der Waals surface area contributed by atoms with Crippen molar-refractivity contribution >= 4 is 18.0 Å². The van der Waals surface area contributed by atoms with E-state index >= 15 is 0 Å². The summed E-state index contributed by atoms with van der Waals surface area (Å²) in [5, 5.41) is 15.1. The van der Waals surface area contributed by atoms with Gasteiger partial charge in [0.2, 0.25) is 5.91 Å². The average molecular weight is 479 g/mol. The summed E-state index contributed by atoms with van der Waals surface area (Å²) < 4.78 is 5.60. The van der Waals surface area contributed by atoms with Gasteiger partial charge in [-0.2, -0.15) is 0 Å². The second-order valence-electron chi connectivity index (χ2n) is 9.57. The predicted molar refractivity (Wildman–Crippen MR) is 133 cm³/mol. The Labute approximate surface area is 206 Å². The Morgan fingerprint density at radius 1 is 1.00 bits per heavy atom. The van der Waals surface area contributed by atoms with Gasteiger partial charge in [-0.15, -0.1) is 0 Å². The van der Waals surface area contributed by atoms with E-state index in [0.29, 0.717) is 19.4 Å². The number of fused-ring (bicyclic) bond motifs is 3. The van der Waals surface area contributed by atoms with Crippen molar-refractivity contribution in [2.45, 2.75) is 57.4 Å². The standard InChI is InChI=1S/C28H34N2O5/c1-2-19(15-26(31)29-16-18-9-3-4-10-20(18)27(32)33)30-28(34)35-17-25-23-13-7-5-11-21(23)22-12-6-8-14-24(22)25/h5-8,11-14,18-20,25H,2-4,9-10,15-17H2,1H3,(H,29,31)(H,30,34)(H,32,33)/t18?,19-,20?/m1/s1. The van der Waals surface area contributed by atoms with Crippen LogP contribution in [0.1, 0.15) is 62.5 Å². The molecule has 4 rings (SSSR count). The zero-order chi connectivity index (χ0) is 24.8. The molecular weight excluding hydrogens is 444 g/mol. The summed E-state index contributed by atoms with van der Waals surface area (Å²) in [5.41, 5.74) is 4.64. The molecule has 0 aromatic heterocycles. The molecular formula is C28H34N2O5. The van der Waals surface area contributed by atoms with Crippen LogP contribution in [0.2, 0.25) is 0 Å². The van der Waals surface area contributed by atoms with Crippen LogP contribution in [0.15, 0.2) is 48.5 Å². The van der Waals surface area contributed by atoms with Crippen molar-refractivity contribution < 1.29 is 24.2 Å². The van der Waals surface area contributed by atoms with Crippen molar-refractivity contribution in [3.63, 3.8) is 0 Å². The van der Waals surface area contributed by atoms with Gasteiger partial charge in [-0.1, -0.05) is 68.3 Å². The minimum absolute atomic E-state index is 0.0193. The van der Waals surface area contributed by atoms with Gasteiger partial charge in [0.05, 0.1) is 5.92 Å². The van der Waals surface area contributed by atoms with Gasteiger partial charge >= 0.3 is 12.1 Å². The molecule has 1 saturated carbocycles. The predicted octanol–water partition coefficient (Wildman–Crippen LogP) is 4.70. The quantitative estimate of drug-likeness (QED) is 0.485. The van der Waals surface area contributed by atoms with Crippen LogP contribution in [0, 0.1) is 11.8 Å². The third-order valence-corrected chi connectivity index (χ3v) is 7.38. The molecule has 3 atom stereocenters. The van der Waals surface area contributed by atoms with Crippen LogP contribution >= 0.6 is 0 Å². The van der Waals surface area contributed by atoms with Crippen molar-refractivity contribution in [3.8, 4) is 11.1 Å². The lowest BCUT2D eigenvalue weighted by Crippen LogP contribution is -2.42. The Bertz CT molecular complexity index is 1020. The molecule has 0 bridgehead atoms. The molecule has 0 heterocycles. The average Bonchev–Trinajstić information content (AvgIpc) is 3.19. The van der Waals surface area contributed by atoms with Crippen LogP contribution in [0.5, 0.6) is 0 Å². The Hall–Kier alpha value is -3.35. The third kappa shape index (κ3) is 5.84. The molecule has 0 spiro atoms. The molecule has 186 valence electrons. The van der Waals surface area contributed by atoms with E-state index in [1.54, 1.807) is 0 Å². The zero-order valence-electron chi connectivity index (χ0n) is 20.2. The van der Waals surface area contributed by atoms with Gasteiger partial charge in [0.1, 0.15) is 6.61 Å². The lowest BCUT2D eigenvalue weighted by atomic mass is 9.79. The van der Waals surface area contributed by atoms with E-state index in [2.05, 4.69) is 34.9 Å². The molecule has 2 amide bonds. The van der Waals surface area contributed by atoms with Crippen LogP contribution in [-0.4, -0.2) is 42.3 Å². The molecule has 3 N–H and O–H groups in total. The summed E-state index contributed by atoms with van der Waals surface area (Å²) in [7, 11) is 0. The monoisotopic (exact) mass is 478 g/mol. The molecule has 2 aliphatic carbocycles. The van der Waals surface area contributed by atoms with E-state index in [1.807, 2.05) is 31.2 Å². The highest BCUT2D eigenvalue weighted by Crippen LogP contribution is 2.44. The van der Waals surface area contributed by atoms with Crippen LogP contribution in [0.4, 0.5) is 4.79 Å². The largest absolute Gasteiger partial charge is 0.481 e. The first kappa shape index (κ1) is 24.8. The molecule has 2 aliphatic rings. The molecule has 35 heavy (non-hydrogen) atoms. The lowest BCUT2D eigenvalue weighted by molar-refractivity contribution is -0.145. The first-order chi connectivity index (χ1) is 17.0. The van der Waals surface area contributed by atoms with Gasteiger partial charge in [0.25, 0.3) is 0 Å². The number of aliphatic carboxylic acids is 1. The fourth-order valence-corrected chi connectivity index (χ4v) is 5.42. The van der Waals surface area contributed by atoms with E-state index < -0.39 is 18.0 Å². The number of carbonyl (C=O) groups is 3. The van der Waals surface area contributed by atoms with E-state index in [4.69, 9.17) is 4.74 Å². The summed E-state index contributed by atoms with van der Waals surface area (Å²) in [6, 6.07) is 16.0. The molecule has 2 aromatic carbocycles. The highest BCUT2D eigenvalue weighted by molar-refractivity contribution is 5.79.